The van der Waals surface area contributed by atoms with E-state index in [0.717, 1.165) is 19.3 Å². The van der Waals surface area contributed by atoms with Crippen molar-refractivity contribution in [1.82, 2.24) is 0 Å². The Balaban J connectivity index is 2.12. The third-order valence-corrected chi connectivity index (χ3v) is 8.16. The minimum Gasteiger partial charge on any atom is -0.468 e. The Bertz CT molecular complexity index is 671. The van der Waals surface area contributed by atoms with E-state index in [1.165, 1.54) is 7.11 Å². The molecule has 2 bridgehead atoms. The Hall–Kier alpha value is -0.983. The van der Waals surface area contributed by atoms with Crippen LogP contribution in [-0.2, 0) is 23.5 Å². The van der Waals surface area contributed by atoms with Crippen LogP contribution in [0.2, 0.25) is 19.6 Å². The van der Waals surface area contributed by atoms with Gasteiger partial charge in [-0.3, -0.25) is 9.59 Å². The largest absolute Gasteiger partial charge is 0.468 e. The van der Waals surface area contributed by atoms with E-state index in [2.05, 4.69) is 52.6 Å². The topological polar surface area (TPSA) is 61.8 Å². The second-order valence-electron chi connectivity index (χ2n) is 10.7. The summed E-state index contributed by atoms with van der Waals surface area (Å²) in [5.41, 5.74) is -1.66. The van der Waals surface area contributed by atoms with E-state index in [1.807, 2.05) is 0 Å². The van der Waals surface area contributed by atoms with Gasteiger partial charge in [0.2, 0.25) is 0 Å². The highest BCUT2D eigenvalue weighted by Crippen LogP contribution is 2.58. The van der Waals surface area contributed by atoms with Crippen molar-refractivity contribution in [2.75, 3.05) is 7.11 Å². The summed E-state index contributed by atoms with van der Waals surface area (Å²) in [4.78, 5) is 26.8. The maximum atomic E-state index is 13.5. The zero-order valence-electron chi connectivity index (χ0n) is 19.1. The summed E-state index contributed by atoms with van der Waals surface area (Å²) in [6, 6.07) is 0. The van der Waals surface area contributed by atoms with Gasteiger partial charge in [-0.05, 0) is 57.7 Å². The molecule has 0 aromatic carbocycles. The first-order chi connectivity index (χ1) is 13.4. The van der Waals surface area contributed by atoms with Gasteiger partial charge >= 0.3 is 5.97 Å². The first-order valence-corrected chi connectivity index (χ1v) is 14.5. The highest BCUT2D eigenvalue weighted by Gasteiger charge is 2.69. The maximum absolute atomic E-state index is 13.5. The van der Waals surface area contributed by atoms with Gasteiger partial charge in [-0.25, -0.2) is 0 Å². The summed E-state index contributed by atoms with van der Waals surface area (Å²) in [6.07, 6.45) is 7.03. The lowest BCUT2D eigenvalue weighted by Crippen LogP contribution is -2.58. The molecule has 0 N–H and O–H groups in total. The molecule has 6 heteroatoms. The predicted molar refractivity (Wildman–Crippen MR) is 115 cm³/mol. The molecule has 2 aliphatic heterocycles. The first kappa shape index (κ1) is 22.7. The van der Waals surface area contributed by atoms with E-state index in [1.54, 1.807) is 0 Å². The van der Waals surface area contributed by atoms with Crippen LogP contribution in [0, 0.1) is 23.2 Å². The fraction of sp³-hybridized carbons (Fsp3) is 0.826. The molecule has 2 heterocycles. The second-order valence-corrected chi connectivity index (χ2v) is 15.1. The van der Waals surface area contributed by atoms with Gasteiger partial charge < -0.3 is 13.9 Å². The molecule has 6 atom stereocenters. The predicted octanol–water partition coefficient (Wildman–Crippen LogP) is 4.51. The molecule has 3 aliphatic rings. The Morgan fingerprint density at radius 2 is 2.00 bits per heavy atom. The Kier molecular flexibility index (Phi) is 6.21. The Labute approximate surface area is 176 Å². The number of carbonyl (C=O) groups excluding carboxylic acids is 2. The van der Waals surface area contributed by atoms with Crippen LogP contribution in [0.25, 0.3) is 0 Å². The number of carbonyl (C=O) groups is 2. The molecule has 2 fully saturated rings. The van der Waals surface area contributed by atoms with Gasteiger partial charge in [0.25, 0.3) is 0 Å². The van der Waals surface area contributed by atoms with E-state index < -0.39 is 31.4 Å². The molecular formula is C23H38O5Si. The molecule has 29 heavy (non-hydrogen) atoms. The fourth-order valence-corrected chi connectivity index (χ4v) is 7.77. The summed E-state index contributed by atoms with van der Waals surface area (Å²) in [7, 11) is -0.440. The van der Waals surface area contributed by atoms with E-state index in [0.29, 0.717) is 18.8 Å². The molecule has 0 spiro atoms. The van der Waals surface area contributed by atoms with Crippen molar-refractivity contribution in [1.29, 1.82) is 0 Å². The van der Waals surface area contributed by atoms with Gasteiger partial charge in [0.1, 0.15) is 0 Å². The summed E-state index contributed by atoms with van der Waals surface area (Å²) < 4.78 is 18.4. The maximum Gasteiger partial charge on any atom is 0.322 e. The number of allylic oxidation sites excluding steroid dienone is 1. The highest BCUT2D eigenvalue weighted by molar-refractivity contribution is 6.69. The molecule has 164 valence electrons. The van der Waals surface area contributed by atoms with Gasteiger partial charge in [0.15, 0.2) is 19.5 Å². The highest BCUT2D eigenvalue weighted by atomic mass is 28.4. The van der Waals surface area contributed by atoms with Crippen molar-refractivity contribution in [2.45, 2.75) is 90.3 Å². The molecule has 3 rings (SSSR count). The number of methoxy groups -OCH3 is 1. The summed E-state index contributed by atoms with van der Waals surface area (Å²) in [6.45, 7) is 13.0. The van der Waals surface area contributed by atoms with Crippen molar-refractivity contribution in [2.24, 2.45) is 23.2 Å². The molecule has 0 unspecified atom stereocenters. The molecule has 1 saturated carbocycles. The van der Waals surface area contributed by atoms with Crippen molar-refractivity contribution >= 4 is 20.1 Å². The Morgan fingerprint density at radius 1 is 1.31 bits per heavy atom. The molecule has 1 aliphatic carbocycles. The number of fused-ring (bicyclic) bond motifs is 5. The van der Waals surface area contributed by atoms with Crippen molar-refractivity contribution in [3.05, 3.63) is 12.2 Å². The lowest BCUT2D eigenvalue weighted by molar-refractivity contribution is -0.170. The van der Waals surface area contributed by atoms with Gasteiger partial charge in [0.05, 0.1) is 24.9 Å². The number of Topliss-reactive ketones (excluding diaryl/α,β-unsaturated/α-hetero) is 1. The minimum absolute atomic E-state index is 0.0110. The number of hydrogen-bond acceptors (Lipinski definition) is 5. The van der Waals surface area contributed by atoms with Gasteiger partial charge in [-0.1, -0.05) is 26.0 Å². The Morgan fingerprint density at radius 3 is 2.59 bits per heavy atom. The van der Waals surface area contributed by atoms with Crippen LogP contribution in [0.1, 0.15) is 52.9 Å². The number of ketones is 1. The first-order valence-electron chi connectivity index (χ1n) is 11.1. The third-order valence-electron chi connectivity index (χ3n) is 7.05. The summed E-state index contributed by atoms with van der Waals surface area (Å²) in [5.74, 6) is 0.00224. The van der Waals surface area contributed by atoms with Crippen molar-refractivity contribution < 1.29 is 23.5 Å². The molecule has 0 radical (unpaired) electrons. The second kappa shape index (κ2) is 7.93. The fourth-order valence-electron chi connectivity index (χ4n) is 6.10. The molecule has 1 saturated heterocycles. The zero-order chi connectivity index (χ0) is 21.6. The van der Waals surface area contributed by atoms with E-state index in [-0.39, 0.29) is 23.7 Å². The normalized spacial score (nSPS) is 41.3. The molecule has 0 aromatic heterocycles. The number of rotatable bonds is 4. The summed E-state index contributed by atoms with van der Waals surface area (Å²) >= 11 is 0. The van der Waals surface area contributed by atoms with Crippen LogP contribution in [0.15, 0.2) is 12.2 Å². The van der Waals surface area contributed by atoms with Gasteiger partial charge in [-0.15, -0.1) is 0 Å². The average Bonchev–Trinajstić information content (AvgIpc) is 2.95. The minimum atomic E-state index is -1.83. The number of ether oxygens (including phenoxy) is 2. The molecular weight excluding hydrogens is 384 g/mol. The van der Waals surface area contributed by atoms with Crippen LogP contribution < -0.4 is 0 Å². The summed E-state index contributed by atoms with van der Waals surface area (Å²) in [5, 5.41) is 0. The van der Waals surface area contributed by atoms with Crippen molar-refractivity contribution in [3.8, 4) is 0 Å². The average molecular weight is 423 g/mol. The van der Waals surface area contributed by atoms with Crippen LogP contribution in [0.4, 0.5) is 0 Å². The van der Waals surface area contributed by atoms with E-state index in [4.69, 9.17) is 13.9 Å². The lowest BCUT2D eigenvalue weighted by atomic mass is 9.55. The number of esters is 1. The van der Waals surface area contributed by atoms with Crippen LogP contribution >= 0.6 is 0 Å². The van der Waals surface area contributed by atoms with Gasteiger partial charge in [0, 0.05) is 18.8 Å². The van der Waals surface area contributed by atoms with Crippen LogP contribution in [0.5, 0.6) is 0 Å². The van der Waals surface area contributed by atoms with Crippen LogP contribution in [0.3, 0.4) is 0 Å². The van der Waals surface area contributed by atoms with E-state index >= 15 is 0 Å². The third kappa shape index (κ3) is 4.00. The molecule has 0 aromatic rings. The van der Waals surface area contributed by atoms with E-state index in [9.17, 15) is 9.59 Å². The van der Waals surface area contributed by atoms with Crippen LogP contribution in [-0.4, -0.2) is 45.0 Å². The smallest absolute Gasteiger partial charge is 0.322 e. The monoisotopic (exact) mass is 422 g/mol. The zero-order valence-corrected chi connectivity index (χ0v) is 20.1. The molecule has 0 amide bonds. The van der Waals surface area contributed by atoms with Gasteiger partial charge in [-0.2, -0.15) is 0 Å². The quantitative estimate of drug-likeness (QED) is 0.289. The van der Waals surface area contributed by atoms with Crippen molar-refractivity contribution in [3.63, 3.8) is 0 Å². The number of hydrogen-bond donors (Lipinski definition) is 0. The lowest BCUT2D eigenvalue weighted by Gasteiger charge is -2.46. The standard InChI is InChI=1S/C23H38O5Si/c1-15(2)16-11-12-18(24)23(21(25)26-4)19-14-22(3,28-29(5,6)7)13-9-8-10-17(27-19)20(16)23/h8,10,15-17,19-20H,9,11-14H2,1-7H3/b10-8-/t16-,17+,19-,20+,22+,23+/m1/s1. The molecule has 5 nitrogen and oxygen atoms in total. The SMILES string of the molecule is COC(=O)[C@]12C(=O)CC[C@H](C(C)C)[C@H]1[C@@H]1/C=C\CC[C@](C)(O[Si](C)(C)C)C[C@H]2O1.